The molecule has 1 aliphatic heterocycles. The minimum absolute atomic E-state index is 0.318. The van der Waals surface area contributed by atoms with Crippen molar-refractivity contribution >= 4 is 38.9 Å². The molecule has 0 aromatic heterocycles. The summed E-state index contributed by atoms with van der Waals surface area (Å²) in [6.45, 7) is 10.2. The van der Waals surface area contributed by atoms with Crippen LogP contribution in [0.25, 0.3) is 10.8 Å². The number of rotatable bonds is 2. The lowest BCUT2D eigenvalue weighted by molar-refractivity contribution is -0.138. The van der Waals surface area contributed by atoms with Crippen LogP contribution >= 0.6 is 15.9 Å². The Kier molecular flexibility index (Phi) is 6.63. The molecule has 3 rings (SSSR count). The molecule has 0 spiro atoms. The van der Waals surface area contributed by atoms with Gasteiger partial charge in [0.05, 0.1) is 0 Å². The number of piperazine rings is 1. The van der Waals surface area contributed by atoms with Gasteiger partial charge in [0.1, 0.15) is 5.60 Å². The zero-order valence-corrected chi connectivity index (χ0v) is 16.1. The van der Waals surface area contributed by atoms with E-state index in [0.717, 1.165) is 26.2 Å². The number of hydrogen-bond donors (Lipinski definition) is 1. The minimum atomic E-state index is -0.318. The molecule has 1 saturated heterocycles. The van der Waals surface area contributed by atoms with Crippen LogP contribution in [0.2, 0.25) is 0 Å². The van der Waals surface area contributed by atoms with Gasteiger partial charge in [0, 0.05) is 41.7 Å². The van der Waals surface area contributed by atoms with Crippen molar-refractivity contribution in [2.75, 3.05) is 31.1 Å². The van der Waals surface area contributed by atoms with Gasteiger partial charge in [-0.2, -0.15) is 0 Å². The van der Waals surface area contributed by atoms with Gasteiger partial charge in [0.25, 0.3) is 6.47 Å². The van der Waals surface area contributed by atoms with E-state index in [9.17, 15) is 4.79 Å². The van der Waals surface area contributed by atoms with Crippen molar-refractivity contribution in [1.82, 2.24) is 5.32 Å². The molecular weight excluding hydrogens is 368 g/mol. The number of hydrogen-bond acceptors (Lipinski definition) is 4. The number of ether oxygens (including phenoxy) is 1. The molecule has 2 aromatic carbocycles. The first-order chi connectivity index (χ1) is 11.4. The summed E-state index contributed by atoms with van der Waals surface area (Å²) in [5.74, 6) is 0. The summed E-state index contributed by atoms with van der Waals surface area (Å²) in [5, 5.41) is 6.02. The molecule has 0 radical (unpaired) electrons. The fourth-order valence-corrected chi connectivity index (χ4v) is 3.05. The van der Waals surface area contributed by atoms with Crippen LogP contribution in [0, 0.1) is 0 Å². The van der Waals surface area contributed by atoms with Gasteiger partial charge in [0.2, 0.25) is 0 Å². The summed E-state index contributed by atoms with van der Waals surface area (Å²) in [5.41, 5.74) is 1.03. The second-order valence-electron chi connectivity index (χ2n) is 6.68. The van der Waals surface area contributed by atoms with Crippen LogP contribution in [-0.4, -0.2) is 38.3 Å². The Bertz CT molecular complexity index is 677. The quantitative estimate of drug-likeness (QED) is 0.784. The van der Waals surface area contributed by atoms with Crippen LogP contribution in [0.1, 0.15) is 20.8 Å². The van der Waals surface area contributed by atoms with Crippen LogP contribution in [0.4, 0.5) is 5.69 Å². The maximum Gasteiger partial charge on any atom is 0.293 e. The Hall–Kier alpha value is -1.59. The van der Waals surface area contributed by atoms with Gasteiger partial charge in [-0.3, -0.25) is 4.79 Å². The topological polar surface area (TPSA) is 41.6 Å². The largest absolute Gasteiger partial charge is 0.462 e. The maximum absolute atomic E-state index is 9.60. The number of anilines is 1. The van der Waals surface area contributed by atoms with Crippen molar-refractivity contribution in [3.05, 3.63) is 40.9 Å². The maximum atomic E-state index is 9.60. The third-order valence-corrected chi connectivity index (χ3v) is 4.40. The lowest BCUT2D eigenvalue weighted by atomic mass is 10.1. The molecule has 24 heavy (non-hydrogen) atoms. The van der Waals surface area contributed by atoms with Crippen LogP contribution in [0.15, 0.2) is 40.9 Å². The highest BCUT2D eigenvalue weighted by Crippen LogP contribution is 2.32. The molecule has 1 aliphatic rings. The van der Waals surface area contributed by atoms with Crippen molar-refractivity contribution in [3.63, 3.8) is 0 Å². The Morgan fingerprint density at radius 1 is 1.08 bits per heavy atom. The third-order valence-electron chi connectivity index (χ3n) is 3.71. The van der Waals surface area contributed by atoms with Gasteiger partial charge < -0.3 is 15.0 Å². The van der Waals surface area contributed by atoms with E-state index in [0.29, 0.717) is 6.47 Å². The smallest absolute Gasteiger partial charge is 0.293 e. The second kappa shape index (κ2) is 8.49. The fourth-order valence-electron chi connectivity index (χ4n) is 2.57. The Labute approximate surface area is 152 Å². The third kappa shape index (κ3) is 5.21. The number of nitrogens with zero attached hydrogens (tertiary/aromatic N) is 1. The van der Waals surface area contributed by atoms with E-state index in [1.165, 1.54) is 20.9 Å². The summed E-state index contributed by atoms with van der Waals surface area (Å²) >= 11 is 3.62. The molecule has 0 amide bonds. The standard InChI is InChI=1S/C14H15BrN2.C5H10O2/c15-13-5-6-14(17-9-7-16-8-10-17)12-4-2-1-3-11(12)13;1-5(2,3)7-4-6/h1-6,16H,7-10H2;4H,1-3H3. The van der Waals surface area contributed by atoms with Crippen molar-refractivity contribution in [1.29, 1.82) is 0 Å². The highest BCUT2D eigenvalue weighted by atomic mass is 79.9. The number of carbonyl (C=O) groups excluding carboxylic acids is 1. The van der Waals surface area contributed by atoms with E-state index in [1.807, 2.05) is 20.8 Å². The summed E-state index contributed by atoms with van der Waals surface area (Å²) in [4.78, 5) is 12.1. The van der Waals surface area contributed by atoms with E-state index in [2.05, 4.69) is 67.3 Å². The number of fused-ring (bicyclic) bond motifs is 1. The fraction of sp³-hybridized carbons (Fsp3) is 0.421. The summed E-state index contributed by atoms with van der Waals surface area (Å²) < 4.78 is 5.72. The predicted molar refractivity (Wildman–Crippen MR) is 104 cm³/mol. The summed E-state index contributed by atoms with van der Waals surface area (Å²) in [6.07, 6.45) is 0. The Morgan fingerprint density at radius 3 is 2.25 bits per heavy atom. The van der Waals surface area contributed by atoms with Crippen LogP contribution < -0.4 is 10.2 Å². The lowest BCUT2D eigenvalue weighted by Gasteiger charge is -2.30. The first kappa shape index (κ1) is 18.7. The molecule has 1 N–H and O–H groups in total. The van der Waals surface area contributed by atoms with Crippen LogP contribution in [-0.2, 0) is 9.53 Å². The molecule has 1 fully saturated rings. The average Bonchev–Trinajstić information content (AvgIpc) is 2.56. The second-order valence-corrected chi connectivity index (χ2v) is 7.53. The van der Waals surface area contributed by atoms with E-state index >= 15 is 0 Å². The van der Waals surface area contributed by atoms with Gasteiger partial charge in [0.15, 0.2) is 0 Å². The normalized spacial score (nSPS) is 14.8. The number of nitrogens with one attached hydrogen (secondary N) is 1. The van der Waals surface area contributed by atoms with E-state index in [1.54, 1.807) is 0 Å². The van der Waals surface area contributed by atoms with Crippen molar-refractivity contribution in [2.45, 2.75) is 26.4 Å². The Morgan fingerprint density at radius 2 is 1.71 bits per heavy atom. The zero-order chi connectivity index (χ0) is 17.6. The molecular formula is C19H25BrN2O2. The van der Waals surface area contributed by atoms with Crippen molar-refractivity contribution < 1.29 is 9.53 Å². The molecule has 0 saturated carbocycles. The molecule has 2 aromatic rings. The highest BCUT2D eigenvalue weighted by molar-refractivity contribution is 9.10. The van der Waals surface area contributed by atoms with Crippen molar-refractivity contribution in [2.24, 2.45) is 0 Å². The number of carbonyl (C=O) groups is 1. The summed E-state index contributed by atoms with van der Waals surface area (Å²) in [6, 6.07) is 13.0. The number of halogens is 1. The minimum Gasteiger partial charge on any atom is -0.462 e. The number of benzene rings is 2. The summed E-state index contributed by atoms with van der Waals surface area (Å²) in [7, 11) is 0. The molecule has 5 heteroatoms. The van der Waals surface area contributed by atoms with Gasteiger partial charge >= 0.3 is 0 Å². The first-order valence-corrected chi connectivity index (χ1v) is 8.96. The monoisotopic (exact) mass is 392 g/mol. The molecule has 0 unspecified atom stereocenters. The van der Waals surface area contributed by atoms with E-state index in [-0.39, 0.29) is 5.60 Å². The average molecular weight is 393 g/mol. The van der Waals surface area contributed by atoms with Gasteiger partial charge in [-0.15, -0.1) is 0 Å². The highest BCUT2D eigenvalue weighted by Gasteiger charge is 2.13. The molecule has 0 aliphatic carbocycles. The van der Waals surface area contributed by atoms with E-state index < -0.39 is 0 Å². The van der Waals surface area contributed by atoms with Gasteiger partial charge in [-0.25, -0.2) is 0 Å². The lowest BCUT2D eigenvalue weighted by Crippen LogP contribution is -2.43. The molecule has 0 bridgehead atoms. The first-order valence-electron chi connectivity index (χ1n) is 8.17. The Balaban J connectivity index is 0.000000256. The molecule has 130 valence electrons. The predicted octanol–water partition coefficient (Wildman–Crippen LogP) is 3.97. The van der Waals surface area contributed by atoms with Crippen LogP contribution in [0.3, 0.4) is 0 Å². The van der Waals surface area contributed by atoms with Gasteiger partial charge in [-0.05, 0) is 38.3 Å². The van der Waals surface area contributed by atoms with Crippen LogP contribution in [0.5, 0.6) is 0 Å². The SMILES string of the molecule is Brc1ccc(N2CCNCC2)c2ccccc12.CC(C)(C)OC=O. The molecule has 1 heterocycles. The molecule has 4 nitrogen and oxygen atoms in total. The van der Waals surface area contributed by atoms with Gasteiger partial charge in [-0.1, -0.05) is 40.2 Å². The van der Waals surface area contributed by atoms with E-state index in [4.69, 9.17) is 0 Å². The zero-order valence-electron chi connectivity index (χ0n) is 14.5. The van der Waals surface area contributed by atoms with Crippen molar-refractivity contribution in [3.8, 4) is 0 Å². The molecule has 0 atom stereocenters.